The van der Waals surface area contributed by atoms with Gasteiger partial charge in [0.25, 0.3) is 5.91 Å². The number of benzene rings is 1. The van der Waals surface area contributed by atoms with Crippen LogP contribution in [0.3, 0.4) is 0 Å². The number of hydrogen-bond donors (Lipinski definition) is 0. The number of likely N-dealkylation sites (tertiary alicyclic amines) is 1. The molecule has 2 aromatic heterocycles. The molecule has 1 aromatic carbocycles. The maximum absolute atomic E-state index is 13.4. The molecule has 1 saturated heterocycles. The van der Waals surface area contributed by atoms with Crippen LogP contribution in [-0.2, 0) is 0 Å². The number of fused-ring (bicyclic) bond motifs is 2. The minimum atomic E-state index is -0.0233. The van der Waals surface area contributed by atoms with Crippen LogP contribution < -0.4 is 9.47 Å². The van der Waals surface area contributed by atoms with Gasteiger partial charge in [0, 0.05) is 17.9 Å². The summed E-state index contributed by atoms with van der Waals surface area (Å²) in [5.74, 6) is 1.50. The van der Waals surface area contributed by atoms with Crippen molar-refractivity contribution in [2.75, 3.05) is 19.8 Å². The second-order valence-corrected chi connectivity index (χ2v) is 7.39. The van der Waals surface area contributed by atoms with Gasteiger partial charge in [-0.25, -0.2) is 9.50 Å². The van der Waals surface area contributed by atoms with Crippen molar-refractivity contribution >= 4 is 11.6 Å². The van der Waals surface area contributed by atoms with E-state index in [9.17, 15) is 4.79 Å². The second-order valence-electron chi connectivity index (χ2n) is 7.39. The topological polar surface area (TPSA) is 69.0 Å². The Morgan fingerprint density at radius 3 is 2.82 bits per heavy atom. The van der Waals surface area contributed by atoms with Crippen molar-refractivity contribution < 1.29 is 14.3 Å². The van der Waals surface area contributed by atoms with E-state index in [1.807, 2.05) is 43.0 Å². The first-order chi connectivity index (χ1) is 13.6. The molecule has 5 rings (SSSR count). The monoisotopic (exact) mass is 378 g/mol. The molecule has 1 atom stereocenters. The number of rotatable bonds is 2. The van der Waals surface area contributed by atoms with Crippen molar-refractivity contribution in [1.29, 1.82) is 0 Å². The third-order valence-corrected chi connectivity index (χ3v) is 5.47. The predicted molar refractivity (Wildman–Crippen MR) is 103 cm³/mol. The number of hydrogen-bond acceptors (Lipinski definition) is 5. The highest BCUT2D eigenvalue weighted by atomic mass is 16.6. The minimum Gasteiger partial charge on any atom is -0.486 e. The van der Waals surface area contributed by atoms with Gasteiger partial charge in [-0.2, -0.15) is 5.10 Å². The molecule has 144 valence electrons. The average molecular weight is 378 g/mol. The van der Waals surface area contributed by atoms with Crippen LogP contribution in [0.1, 0.15) is 46.2 Å². The Balaban J connectivity index is 1.50. The standard InChI is InChI=1S/C21H22N4O3/c1-13-10-14(2)25-20(23-13)16(12-22-25)21(26)24-7-3-4-17(24)15-5-6-18-19(11-15)28-9-8-27-18/h5-6,10-12,17H,3-4,7-9H2,1-2H3. The zero-order chi connectivity index (χ0) is 19.3. The van der Waals surface area contributed by atoms with Gasteiger partial charge in [0.15, 0.2) is 17.1 Å². The zero-order valence-corrected chi connectivity index (χ0v) is 16.0. The van der Waals surface area contributed by atoms with E-state index >= 15 is 0 Å². The highest BCUT2D eigenvalue weighted by Crippen LogP contribution is 2.38. The molecule has 3 aromatic rings. The van der Waals surface area contributed by atoms with Crippen molar-refractivity contribution in [3.63, 3.8) is 0 Å². The first kappa shape index (κ1) is 17.0. The van der Waals surface area contributed by atoms with Gasteiger partial charge in [0.1, 0.15) is 18.8 Å². The first-order valence-electron chi connectivity index (χ1n) is 9.64. The number of aryl methyl sites for hydroxylation is 2. The van der Waals surface area contributed by atoms with Gasteiger partial charge in [0.2, 0.25) is 0 Å². The van der Waals surface area contributed by atoms with Crippen LogP contribution in [0.2, 0.25) is 0 Å². The highest BCUT2D eigenvalue weighted by molar-refractivity contribution is 6.00. The van der Waals surface area contributed by atoms with E-state index in [4.69, 9.17) is 9.47 Å². The zero-order valence-electron chi connectivity index (χ0n) is 16.0. The fraction of sp³-hybridized carbons (Fsp3) is 0.381. The summed E-state index contributed by atoms with van der Waals surface area (Å²) in [7, 11) is 0. The van der Waals surface area contributed by atoms with E-state index in [2.05, 4.69) is 10.1 Å². The van der Waals surface area contributed by atoms with Gasteiger partial charge >= 0.3 is 0 Å². The Morgan fingerprint density at radius 2 is 1.96 bits per heavy atom. The number of carbonyl (C=O) groups excluding carboxylic acids is 1. The van der Waals surface area contributed by atoms with E-state index in [1.165, 1.54) is 0 Å². The summed E-state index contributed by atoms with van der Waals surface area (Å²) in [5.41, 5.74) is 4.09. The van der Waals surface area contributed by atoms with Crippen LogP contribution in [0.15, 0.2) is 30.5 Å². The third kappa shape index (κ3) is 2.69. The summed E-state index contributed by atoms with van der Waals surface area (Å²) in [6.07, 6.45) is 3.53. The first-order valence-corrected chi connectivity index (χ1v) is 9.64. The number of ether oxygens (including phenoxy) is 2. The lowest BCUT2D eigenvalue weighted by atomic mass is 10.0. The molecule has 0 spiro atoms. The molecule has 4 heterocycles. The van der Waals surface area contributed by atoms with Gasteiger partial charge in [-0.1, -0.05) is 6.07 Å². The predicted octanol–water partition coefficient (Wildman–Crippen LogP) is 3.09. The molecule has 1 fully saturated rings. The van der Waals surface area contributed by atoms with Crippen LogP contribution in [-0.4, -0.2) is 45.2 Å². The normalized spacial score (nSPS) is 18.6. The minimum absolute atomic E-state index is 0.0178. The third-order valence-electron chi connectivity index (χ3n) is 5.47. The molecule has 7 heteroatoms. The molecule has 2 aliphatic heterocycles. The Bertz CT molecular complexity index is 1070. The van der Waals surface area contributed by atoms with Crippen LogP contribution in [0.5, 0.6) is 11.5 Å². The second kappa shape index (κ2) is 6.51. The van der Waals surface area contributed by atoms with Gasteiger partial charge in [-0.05, 0) is 50.5 Å². The summed E-state index contributed by atoms with van der Waals surface area (Å²) in [5, 5.41) is 4.38. The molecule has 0 radical (unpaired) electrons. The lowest BCUT2D eigenvalue weighted by molar-refractivity contribution is 0.0737. The molecule has 0 saturated carbocycles. The van der Waals surface area contributed by atoms with E-state index < -0.39 is 0 Å². The molecule has 2 aliphatic rings. The summed E-state index contributed by atoms with van der Waals surface area (Å²) in [6.45, 7) is 5.75. The Labute approximate surface area is 162 Å². The summed E-state index contributed by atoms with van der Waals surface area (Å²) in [6, 6.07) is 7.96. The van der Waals surface area contributed by atoms with E-state index in [-0.39, 0.29) is 11.9 Å². The Kier molecular flexibility index (Phi) is 3.96. The molecule has 1 amide bonds. The van der Waals surface area contributed by atoms with Crippen molar-refractivity contribution in [3.05, 3.63) is 53.0 Å². The summed E-state index contributed by atoms with van der Waals surface area (Å²) in [4.78, 5) is 19.9. The molecule has 28 heavy (non-hydrogen) atoms. The fourth-order valence-corrected chi connectivity index (χ4v) is 4.20. The van der Waals surface area contributed by atoms with Gasteiger partial charge < -0.3 is 14.4 Å². The lowest BCUT2D eigenvalue weighted by Crippen LogP contribution is -2.30. The van der Waals surface area contributed by atoms with E-state index in [0.717, 1.165) is 47.8 Å². The number of amides is 1. The number of carbonyl (C=O) groups is 1. The maximum atomic E-state index is 13.4. The van der Waals surface area contributed by atoms with Gasteiger partial charge in [-0.3, -0.25) is 4.79 Å². The maximum Gasteiger partial charge on any atom is 0.259 e. The van der Waals surface area contributed by atoms with Crippen molar-refractivity contribution in [2.45, 2.75) is 32.7 Å². The Morgan fingerprint density at radius 1 is 1.14 bits per heavy atom. The van der Waals surface area contributed by atoms with Gasteiger partial charge in [0.05, 0.1) is 12.2 Å². The fourth-order valence-electron chi connectivity index (χ4n) is 4.20. The van der Waals surface area contributed by atoms with Crippen LogP contribution in [0.25, 0.3) is 5.65 Å². The number of nitrogens with zero attached hydrogens (tertiary/aromatic N) is 4. The molecule has 0 N–H and O–H groups in total. The van der Waals surface area contributed by atoms with Crippen LogP contribution in [0, 0.1) is 13.8 Å². The number of aromatic nitrogens is 3. The smallest absolute Gasteiger partial charge is 0.259 e. The highest BCUT2D eigenvalue weighted by Gasteiger charge is 2.33. The van der Waals surface area contributed by atoms with Crippen molar-refractivity contribution in [3.8, 4) is 11.5 Å². The summed E-state index contributed by atoms with van der Waals surface area (Å²) < 4.78 is 13.1. The lowest BCUT2D eigenvalue weighted by Gasteiger charge is -2.26. The van der Waals surface area contributed by atoms with Crippen molar-refractivity contribution in [1.82, 2.24) is 19.5 Å². The molecule has 1 unspecified atom stereocenters. The quantitative estimate of drug-likeness (QED) is 0.685. The van der Waals surface area contributed by atoms with Crippen LogP contribution in [0.4, 0.5) is 0 Å². The van der Waals surface area contributed by atoms with Crippen molar-refractivity contribution in [2.24, 2.45) is 0 Å². The Hall–Kier alpha value is -3.09. The molecule has 0 aliphatic carbocycles. The average Bonchev–Trinajstić information content (AvgIpc) is 3.34. The molecule has 0 bridgehead atoms. The van der Waals surface area contributed by atoms with E-state index in [0.29, 0.717) is 24.4 Å². The summed E-state index contributed by atoms with van der Waals surface area (Å²) >= 11 is 0. The molecular weight excluding hydrogens is 356 g/mol. The molecular formula is C21H22N4O3. The largest absolute Gasteiger partial charge is 0.486 e. The van der Waals surface area contributed by atoms with Gasteiger partial charge in [-0.15, -0.1) is 0 Å². The van der Waals surface area contributed by atoms with Crippen LogP contribution >= 0.6 is 0 Å². The SMILES string of the molecule is Cc1cc(C)n2ncc(C(=O)N3CCCC3c3ccc4c(c3)OCCO4)c2n1. The molecule has 7 nitrogen and oxygen atoms in total. The van der Waals surface area contributed by atoms with E-state index in [1.54, 1.807) is 10.7 Å².